The molecule has 1 aliphatic rings. The normalized spacial score (nSPS) is 44.0. The molecule has 1 saturated heterocycles. The Morgan fingerprint density at radius 3 is 2.33 bits per heavy atom. The van der Waals surface area contributed by atoms with Crippen LogP contribution in [0.5, 0.6) is 0 Å². The Hall–Kier alpha value is 0.710. The van der Waals surface area contributed by atoms with E-state index in [9.17, 15) is 4.39 Å². The van der Waals surface area contributed by atoms with Crippen molar-refractivity contribution in [1.29, 1.82) is 0 Å². The van der Waals surface area contributed by atoms with Crippen molar-refractivity contribution < 1.29 is 13.7 Å². The van der Waals surface area contributed by atoms with Crippen molar-refractivity contribution in [3.8, 4) is 0 Å². The second-order valence-corrected chi connectivity index (χ2v) is 7.91. The van der Waals surface area contributed by atoms with Gasteiger partial charge in [0.15, 0.2) is 6.29 Å². The van der Waals surface area contributed by atoms with E-state index in [0.717, 1.165) is 0 Å². The number of alkyl halides is 1. The van der Waals surface area contributed by atoms with Crippen LogP contribution >= 0.6 is 16.8 Å². The fourth-order valence-electron chi connectivity index (χ4n) is 1.95. The molecule has 0 bridgehead atoms. The minimum Gasteiger partial charge on any atom is -0.346 e. The third kappa shape index (κ3) is 3.33. The Morgan fingerprint density at radius 2 is 1.87 bits per heavy atom. The summed E-state index contributed by atoms with van der Waals surface area (Å²) in [5.41, 5.74) is 0. The minimum atomic E-state index is -0.538. The quantitative estimate of drug-likeness (QED) is 0.718. The first-order valence-corrected chi connectivity index (χ1v) is 8.66. The third-order valence-corrected chi connectivity index (χ3v) is 4.31. The van der Waals surface area contributed by atoms with Crippen molar-refractivity contribution in [1.82, 2.24) is 0 Å². The van der Waals surface area contributed by atoms with Gasteiger partial charge in [-0.3, -0.25) is 0 Å². The summed E-state index contributed by atoms with van der Waals surface area (Å²) in [5.74, 6) is 1.02. The van der Waals surface area contributed by atoms with Gasteiger partial charge in [-0.1, -0.05) is 29.7 Å². The molecule has 0 aliphatic carbocycles. The largest absolute Gasteiger partial charge is 0.346 e. The summed E-state index contributed by atoms with van der Waals surface area (Å²) in [6.45, 7) is 7.90. The number of halogens is 1. The van der Waals surface area contributed by atoms with Crippen molar-refractivity contribution >= 4 is 16.8 Å². The number of ether oxygens (including phenoxy) is 1. The van der Waals surface area contributed by atoms with Crippen LogP contribution < -0.4 is 0 Å². The second-order valence-electron chi connectivity index (χ2n) is 4.43. The van der Waals surface area contributed by atoms with Crippen molar-refractivity contribution in [3.63, 3.8) is 0 Å². The molecule has 7 atom stereocenters. The van der Waals surface area contributed by atoms with Gasteiger partial charge in [-0.05, 0) is 18.5 Å². The fraction of sp³-hybridized carbons (Fsp3) is 1.00. The maximum atomic E-state index is 12.8. The first-order valence-electron chi connectivity index (χ1n) is 5.34. The van der Waals surface area contributed by atoms with E-state index in [1.807, 2.05) is 6.66 Å². The van der Waals surface area contributed by atoms with E-state index >= 15 is 0 Å². The molecule has 1 rings (SSSR count). The molecule has 0 radical (unpaired) electrons. The maximum Gasteiger partial charge on any atom is 0.165 e. The molecule has 5 heteroatoms. The Morgan fingerprint density at radius 1 is 1.27 bits per heavy atom. The average molecular weight is 254 g/mol. The molecule has 1 aliphatic heterocycles. The van der Waals surface area contributed by atoms with Gasteiger partial charge in [0.1, 0.15) is 6.67 Å². The van der Waals surface area contributed by atoms with Crippen molar-refractivity contribution in [2.75, 3.05) is 13.3 Å². The lowest BCUT2D eigenvalue weighted by Gasteiger charge is -2.42. The van der Waals surface area contributed by atoms with Crippen LogP contribution in [0.15, 0.2) is 0 Å². The lowest BCUT2D eigenvalue weighted by molar-refractivity contribution is -0.211. The highest BCUT2D eigenvalue weighted by Crippen LogP contribution is 2.47. The monoisotopic (exact) mass is 254 g/mol. The van der Waals surface area contributed by atoms with Crippen molar-refractivity contribution in [3.05, 3.63) is 0 Å². The molecule has 0 aromatic carbocycles. The molecule has 1 heterocycles. The molecule has 1 fully saturated rings. The molecule has 0 aromatic rings. The van der Waals surface area contributed by atoms with Gasteiger partial charge >= 0.3 is 0 Å². The van der Waals surface area contributed by atoms with E-state index in [-0.39, 0.29) is 18.3 Å². The Bertz CT molecular complexity index is 202. The SMILES string of the molecule is CC1[C@H](OP(C)P)OC(CF)[C@@H](C)[C@@H]1C. The molecule has 4 unspecified atom stereocenters. The van der Waals surface area contributed by atoms with Gasteiger partial charge in [-0.2, -0.15) is 0 Å². The van der Waals surface area contributed by atoms with Crippen molar-refractivity contribution in [2.24, 2.45) is 17.8 Å². The summed E-state index contributed by atoms with van der Waals surface area (Å²) in [7, 11) is 2.10. The van der Waals surface area contributed by atoms with Crippen LogP contribution in [0.25, 0.3) is 0 Å². The fourth-order valence-corrected chi connectivity index (χ4v) is 2.88. The molecular weight excluding hydrogens is 233 g/mol. The Labute approximate surface area is 95.2 Å². The molecule has 0 aromatic heterocycles. The zero-order valence-electron chi connectivity index (χ0n) is 9.81. The summed E-state index contributed by atoms with van der Waals surface area (Å²) in [6, 6.07) is 0. The summed E-state index contributed by atoms with van der Waals surface area (Å²) in [4.78, 5) is 0. The number of hydrogen-bond donors (Lipinski definition) is 0. The van der Waals surface area contributed by atoms with Crippen LogP contribution in [0.1, 0.15) is 20.8 Å². The maximum absolute atomic E-state index is 12.8. The highest BCUT2D eigenvalue weighted by Gasteiger charge is 2.39. The Kier molecular flexibility index (Phi) is 5.39. The zero-order chi connectivity index (χ0) is 11.6. The molecule has 15 heavy (non-hydrogen) atoms. The molecule has 0 amide bonds. The predicted molar refractivity (Wildman–Crippen MR) is 65.8 cm³/mol. The summed E-state index contributed by atoms with van der Waals surface area (Å²) < 4.78 is 24.1. The van der Waals surface area contributed by atoms with Crippen LogP contribution in [0, 0.1) is 17.8 Å². The lowest BCUT2D eigenvalue weighted by Crippen LogP contribution is -2.46. The zero-order valence-corrected chi connectivity index (χ0v) is 11.9. The molecule has 90 valence electrons. The summed E-state index contributed by atoms with van der Waals surface area (Å²) in [5, 5.41) is 0. The van der Waals surface area contributed by atoms with Gasteiger partial charge in [0.25, 0.3) is 0 Å². The van der Waals surface area contributed by atoms with Gasteiger partial charge in [0, 0.05) is 13.8 Å². The smallest absolute Gasteiger partial charge is 0.165 e. The summed E-state index contributed by atoms with van der Waals surface area (Å²) in [6.07, 6.45) is -0.549. The highest BCUT2D eigenvalue weighted by atomic mass is 32.0. The molecule has 0 spiro atoms. The third-order valence-electron chi connectivity index (χ3n) is 3.41. The van der Waals surface area contributed by atoms with Crippen LogP contribution in [0.4, 0.5) is 4.39 Å². The summed E-state index contributed by atoms with van der Waals surface area (Å²) >= 11 is 0. The second kappa shape index (κ2) is 5.87. The van der Waals surface area contributed by atoms with E-state index < -0.39 is 14.5 Å². The highest BCUT2D eigenvalue weighted by molar-refractivity contribution is 8.10. The van der Waals surface area contributed by atoms with E-state index in [4.69, 9.17) is 9.26 Å². The van der Waals surface area contributed by atoms with E-state index in [1.54, 1.807) is 0 Å². The average Bonchev–Trinajstić information content (AvgIpc) is 2.18. The van der Waals surface area contributed by atoms with Crippen LogP contribution in [-0.2, 0) is 9.26 Å². The Balaban J connectivity index is 2.65. The van der Waals surface area contributed by atoms with E-state index in [0.29, 0.717) is 11.8 Å². The first-order chi connectivity index (χ1) is 6.97. The lowest BCUT2D eigenvalue weighted by atomic mass is 9.79. The van der Waals surface area contributed by atoms with Gasteiger partial charge < -0.3 is 9.26 Å². The van der Waals surface area contributed by atoms with Gasteiger partial charge in [0.05, 0.1) is 6.10 Å². The standard InChI is InChI=1S/C10H21FO2P2/c1-6-7(2)9(5-11)12-10(8(6)3)13-15(4)14/h6-10H,5,14H2,1-4H3/t6-,7-,8?,9?,10-,15?/m0/s1. The number of hydrogen-bond acceptors (Lipinski definition) is 2. The molecule has 0 saturated carbocycles. The molecule has 2 nitrogen and oxygen atoms in total. The number of rotatable bonds is 3. The minimum absolute atomic E-state index is 0.245. The van der Waals surface area contributed by atoms with Crippen LogP contribution in [0.2, 0.25) is 0 Å². The van der Waals surface area contributed by atoms with E-state index in [1.165, 1.54) is 0 Å². The first kappa shape index (κ1) is 13.8. The van der Waals surface area contributed by atoms with Crippen LogP contribution in [0.3, 0.4) is 0 Å². The van der Waals surface area contributed by atoms with Gasteiger partial charge in [-0.25, -0.2) is 4.39 Å². The predicted octanol–water partition coefficient (Wildman–Crippen LogP) is 3.42. The van der Waals surface area contributed by atoms with E-state index in [2.05, 4.69) is 29.7 Å². The van der Waals surface area contributed by atoms with Crippen LogP contribution in [-0.4, -0.2) is 25.7 Å². The van der Waals surface area contributed by atoms with Gasteiger partial charge in [0.2, 0.25) is 0 Å². The van der Waals surface area contributed by atoms with Gasteiger partial charge in [-0.15, -0.1) is 0 Å². The topological polar surface area (TPSA) is 18.5 Å². The molecule has 0 N–H and O–H groups in total. The van der Waals surface area contributed by atoms with Crippen molar-refractivity contribution in [2.45, 2.75) is 33.2 Å². The molecular formula is C10H21FO2P2.